The van der Waals surface area contributed by atoms with Crippen molar-refractivity contribution in [2.45, 2.75) is 39.1 Å². The number of amides is 1. The van der Waals surface area contributed by atoms with Crippen molar-refractivity contribution in [1.29, 1.82) is 0 Å². The molecule has 2 atom stereocenters. The number of ether oxygens (including phenoxy) is 2. The summed E-state index contributed by atoms with van der Waals surface area (Å²) in [6, 6.07) is 7.26. The van der Waals surface area contributed by atoms with Crippen LogP contribution in [0.1, 0.15) is 31.1 Å². The fraction of sp³-hybridized carbons (Fsp3) is 0.562. The molecule has 1 aliphatic rings. The van der Waals surface area contributed by atoms with Gasteiger partial charge in [-0.15, -0.1) is 11.6 Å². The molecule has 0 bridgehead atoms. The lowest BCUT2D eigenvalue weighted by Crippen LogP contribution is -2.49. The van der Waals surface area contributed by atoms with Crippen molar-refractivity contribution in [3.63, 3.8) is 0 Å². The van der Waals surface area contributed by atoms with Crippen LogP contribution in [-0.2, 0) is 4.74 Å². The molecule has 21 heavy (non-hydrogen) atoms. The van der Waals surface area contributed by atoms with E-state index in [9.17, 15) is 4.79 Å². The number of hydrogen-bond acceptors (Lipinski definition) is 3. The molecule has 0 aliphatic carbocycles. The minimum absolute atomic E-state index is 0.00926. The molecule has 0 aromatic heterocycles. The molecule has 2 rings (SSSR count). The molecule has 4 nitrogen and oxygen atoms in total. The molecule has 0 spiro atoms. The summed E-state index contributed by atoms with van der Waals surface area (Å²) in [5, 5.41) is 0. The maximum absolute atomic E-state index is 12.5. The Labute approximate surface area is 131 Å². The van der Waals surface area contributed by atoms with Crippen LogP contribution in [0.3, 0.4) is 0 Å². The van der Waals surface area contributed by atoms with Crippen molar-refractivity contribution >= 4 is 17.5 Å². The number of halogens is 1. The molecule has 1 saturated heterocycles. The van der Waals surface area contributed by atoms with E-state index in [0.29, 0.717) is 24.5 Å². The van der Waals surface area contributed by atoms with Gasteiger partial charge >= 0.3 is 0 Å². The Morgan fingerprint density at radius 1 is 1.38 bits per heavy atom. The Morgan fingerprint density at radius 3 is 2.62 bits per heavy atom. The lowest BCUT2D eigenvalue weighted by Gasteiger charge is -2.36. The largest absolute Gasteiger partial charge is 0.491 e. The van der Waals surface area contributed by atoms with Crippen LogP contribution >= 0.6 is 11.6 Å². The first-order valence-electron chi connectivity index (χ1n) is 7.27. The lowest BCUT2D eigenvalue weighted by molar-refractivity contribution is -0.0570. The third-order valence-electron chi connectivity index (χ3n) is 3.26. The van der Waals surface area contributed by atoms with Gasteiger partial charge in [-0.25, -0.2) is 0 Å². The van der Waals surface area contributed by atoms with E-state index in [1.54, 1.807) is 17.0 Å². The highest BCUT2D eigenvalue weighted by Gasteiger charge is 2.28. The summed E-state index contributed by atoms with van der Waals surface area (Å²) in [5.74, 6) is 1.18. The summed E-state index contributed by atoms with van der Waals surface area (Å²) in [5.41, 5.74) is 0.661. The molecule has 2 unspecified atom stereocenters. The zero-order chi connectivity index (χ0) is 15.4. The third-order valence-corrected chi connectivity index (χ3v) is 3.60. The lowest BCUT2D eigenvalue weighted by atomic mass is 10.1. The highest BCUT2D eigenvalue weighted by Crippen LogP contribution is 2.18. The number of nitrogens with zero attached hydrogens (tertiary/aromatic N) is 1. The monoisotopic (exact) mass is 311 g/mol. The minimum atomic E-state index is -0.0945. The van der Waals surface area contributed by atoms with Crippen LogP contribution in [0, 0.1) is 0 Å². The quantitative estimate of drug-likeness (QED) is 0.803. The van der Waals surface area contributed by atoms with Gasteiger partial charge in [0.25, 0.3) is 5.91 Å². The molecular formula is C16H22ClNO3. The maximum atomic E-state index is 12.5. The zero-order valence-electron chi connectivity index (χ0n) is 12.7. The summed E-state index contributed by atoms with van der Waals surface area (Å²) in [4.78, 5) is 14.3. The van der Waals surface area contributed by atoms with Crippen molar-refractivity contribution in [3.8, 4) is 5.75 Å². The van der Waals surface area contributed by atoms with Gasteiger partial charge in [-0.3, -0.25) is 4.79 Å². The molecular weight excluding hydrogens is 290 g/mol. The molecule has 0 N–H and O–H groups in total. The van der Waals surface area contributed by atoms with E-state index in [1.807, 2.05) is 32.9 Å². The van der Waals surface area contributed by atoms with Crippen LogP contribution in [-0.4, -0.2) is 48.1 Å². The molecule has 5 heteroatoms. The van der Waals surface area contributed by atoms with E-state index in [-0.39, 0.29) is 24.2 Å². The fourth-order valence-corrected chi connectivity index (χ4v) is 2.60. The zero-order valence-corrected chi connectivity index (χ0v) is 13.5. The smallest absolute Gasteiger partial charge is 0.254 e. The van der Waals surface area contributed by atoms with Crippen molar-refractivity contribution in [3.05, 3.63) is 29.8 Å². The van der Waals surface area contributed by atoms with Gasteiger partial charge in [0, 0.05) is 18.7 Å². The Morgan fingerprint density at radius 2 is 2.05 bits per heavy atom. The van der Waals surface area contributed by atoms with Gasteiger partial charge in [0.15, 0.2) is 0 Å². The average Bonchev–Trinajstić information content (AvgIpc) is 2.46. The average molecular weight is 312 g/mol. The molecule has 1 amide bonds. The molecule has 0 radical (unpaired) electrons. The van der Waals surface area contributed by atoms with Gasteiger partial charge in [0.05, 0.1) is 24.2 Å². The van der Waals surface area contributed by atoms with E-state index in [1.165, 1.54) is 0 Å². The predicted octanol–water partition coefficient (Wildman–Crippen LogP) is 2.94. The standard InChI is InChI=1S/C16H22ClNO3/c1-11(2)20-14-6-4-13(5-7-14)16(19)18-9-12(3)21-15(8-17)10-18/h4-7,11-12,15H,8-10H2,1-3H3. The summed E-state index contributed by atoms with van der Waals surface area (Å²) in [6.07, 6.45) is 0.0361. The third kappa shape index (κ3) is 4.35. The molecule has 0 saturated carbocycles. The first-order valence-corrected chi connectivity index (χ1v) is 7.80. The van der Waals surface area contributed by atoms with Gasteiger partial charge < -0.3 is 14.4 Å². The van der Waals surface area contributed by atoms with Crippen molar-refractivity contribution in [1.82, 2.24) is 4.90 Å². The fourth-order valence-electron chi connectivity index (χ4n) is 2.43. The molecule has 1 aromatic carbocycles. The Kier molecular flexibility index (Phi) is 5.48. The van der Waals surface area contributed by atoms with Gasteiger partial charge in [0.2, 0.25) is 0 Å². The number of alkyl halides is 1. The van der Waals surface area contributed by atoms with Gasteiger partial charge in [-0.05, 0) is 45.0 Å². The van der Waals surface area contributed by atoms with E-state index in [4.69, 9.17) is 21.1 Å². The van der Waals surface area contributed by atoms with Crippen LogP contribution < -0.4 is 4.74 Å². The van der Waals surface area contributed by atoms with Gasteiger partial charge in [0.1, 0.15) is 5.75 Å². The highest BCUT2D eigenvalue weighted by atomic mass is 35.5. The van der Waals surface area contributed by atoms with Crippen LogP contribution in [0.2, 0.25) is 0 Å². The van der Waals surface area contributed by atoms with Crippen LogP contribution in [0.5, 0.6) is 5.75 Å². The van der Waals surface area contributed by atoms with Crippen molar-refractivity contribution in [2.24, 2.45) is 0 Å². The highest BCUT2D eigenvalue weighted by molar-refractivity contribution is 6.18. The van der Waals surface area contributed by atoms with Crippen molar-refractivity contribution < 1.29 is 14.3 Å². The number of carbonyl (C=O) groups excluding carboxylic acids is 1. The number of carbonyl (C=O) groups is 1. The molecule has 1 fully saturated rings. The maximum Gasteiger partial charge on any atom is 0.254 e. The Hall–Kier alpha value is -1.26. The van der Waals surface area contributed by atoms with E-state index in [2.05, 4.69) is 0 Å². The van der Waals surface area contributed by atoms with E-state index < -0.39 is 0 Å². The number of hydrogen-bond donors (Lipinski definition) is 0. The Balaban J connectivity index is 2.05. The summed E-state index contributed by atoms with van der Waals surface area (Å²) >= 11 is 5.85. The minimum Gasteiger partial charge on any atom is -0.491 e. The van der Waals surface area contributed by atoms with Gasteiger partial charge in [-0.1, -0.05) is 0 Å². The molecule has 1 aliphatic heterocycles. The normalized spacial score (nSPS) is 22.4. The number of morpholine rings is 1. The molecule has 1 heterocycles. The van der Waals surface area contributed by atoms with Crippen LogP contribution in [0.25, 0.3) is 0 Å². The van der Waals surface area contributed by atoms with Crippen LogP contribution in [0.4, 0.5) is 0 Å². The number of rotatable bonds is 4. The van der Waals surface area contributed by atoms with Crippen molar-refractivity contribution in [2.75, 3.05) is 19.0 Å². The second-order valence-electron chi connectivity index (χ2n) is 5.62. The first-order chi connectivity index (χ1) is 9.99. The predicted molar refractivity (Wildman–Crippen MR) is 83.2 cm³/mol. The Bertz CT molecular complexity index is 475. The van der Waals surface area contributed by atoms with E-state index >= 15 is 0 Å². The van der Waals surface area contributed by atoms with E-state index in [0.717, 1.165) is 5.75 Å². The summed E-state index contributed by atoms with van der Waals surface area (Å²) < 4.78 is 11.3. The second kappa shape index (κ2) is 7.14. The SMILES string of the molecule is CC(C)Oc1ccc(C(=O)N2CC(C)OC(CCl)C2)cc1. The molecule has 116 valence electrons. The molecule has 1 aromatic rings. The van der Waals surface area contributed by atoms with Crippen LogP contribution in [0.15, 0.2) is 24.3 Å². The van der Waals surface area contributed by atoms with Gasteiger partial charge in [-0.2, -0.15) is 0 Å². The summed E-state index contributed by atoms with van der Waals surface area (Å²) in [7, 11) is 0. The first kappa shape index (κ1) is 16.1. The number of benzene rings is 1. The topological polar surface area (TPSA) is 38.8 Å². The summed E-state index contributed by atoms with van der Waals surface area (Å²) in [6.45, 7) is 7.03. The second-order valence-corrected chi connectivity index (χ2v) is 5.93.